The molecule has 0 saturated carbocycles. The van der Waals surface area contributed by atoms with E-state index >= 15 is 0 Å². The number of rotatable bonds is 5. The predicted molar refractivity (Wildman–Crippen MR) is 453 cm³/mol. The summed E-state index contributed by atoms with van der Waals surface area (Å²) in [6.45, 7) is 17.0. The maximum atomic E-state index is 4.86. The van der Waals surface area contributed by atoms with Gasteiger partial charge in [-0.15, -0.1) is 24.3 Å². The molecule has 12 aromatic heterocycles. The van der Waals surface area contributed by atoms with Crippen molar-refractivity contribution in [1.29, 1.82) is 0 Å². The zero-order valence-corrected chi connectivity index (χ0v) is 74.5. The summed E-state index contributed by atoms with van der Waals surface area (Å²) in [5, 5.41) is 0. The summed E-state index contributed by atoms with van der Waals surface area (Å²) in [5.41, 5.74) is 19.8. The molecule has 0 fully saturated rings. The van der Waals surface area contributed by atoms with Gasteiger partial charge < -0.3 is 61.7 Å². The van der Waals surface area contributed by atoms with Gasteiger partial charge in [0.25, 0.3) is 0 Å². The minimum atomic E-state index is 0. The van der Waals surface area contributed by atoms with Crippen molar-refractivity contribution in [3.05, 3.63) is 275 Å². The van der Waals surface area contributed by atoms with E-state index < -0.39 is 0 Å². The first-order valence-electron chi connectivity index (χ1n) is 35.2. The quantitative estimate of drug-likeness (QED) is 0.149. The second kappa shape index (κ2) is 29.5. The zero-order chi connectivity index (χ0) is 74.9. The van der Waals surface area contributed by atoms with Crippen molar-refractivity contribution >= 4 is 225 Å². The molecule has 8 aromatic carbocycles. The van der Waals surface area contributed by atoms with Gasteiger partial charge in [0, 0.05) is 166 Å². The molecule has 23 nitrogen and oxygen atoms in total. The van der Waals surface area contributed by atoms with Crippen LogP contribution in [-0.4, -0.2) is 110 Å². The summed E-state index contributed by atoms with van der Waals surface area (Å²) in [6.07, 6.45) is 10.4. The smallest absolute Gasteiger partial charge is 0.181 e. The second-order valence-electron chi connectivity index (χ2n) is 26.9. The SMILES string of the molecule is C=C1N(C)c2cccnc2N1c1[c-]cc2sc3nc4ccccc4n3c2c1.C=C1N(C)c2cccnc2N1c1[c-]ccc2c1sc1nc3ccccc3n12.C=C1N(C)c2nccnc2N1c1[c-]cc2sc3nc4cc(N(C)C)ccc4n3c2c1.C=C1N(C)c2nccnc2N1c1[c-]cc2sc3nc4ccccc4n3c2c1.[Ir].[Ir].[Ir].[Ir]. The third-order valence-corrected chi connectivity index (χ3v) is 24.7. The molecule has 0 saturated heterocycles. The van der Waals surface area contributed by atoms with Crippen LogP contribution in [0.15, 0.2) is 251 Å². The molecule has 115 heavy (non-hydrogen) atoms. The zero-order valence-electron chi connectivity index (χ0n) is 61.6. The summed E-state index contributed by atoms with van der Waals surface area (Å²) in [6, 6.07) is 69.2. The van der Waals surface area contributed by atoms with Crippen LogP contribution < -0.4 is 44.1 Å². The summed E-state index contributed by atoms with van der Waals surface area (Å²) in [4.78, 5) is 68.4. The molecule has 4 aliphatic rings. The van der Waals surface area contributed by atoms with Gasteiger partial charge in [-0.05, 0) is 111 Å². The maximum Gasteiger partial charge on any atom is 0.181 e. The van der Waals surface area contributed by atoms with Crippen molar-refractivity contribution in [1.82, 2.24) is 67.4 Å². The number of pyridine rings is 2. The number of hydrogen-bond acceptors (Lipinski definition) is 23. The van der Waals surface area contributed by atoms with Crippen LogP contribution in [0.1, 0.15) is 0 Å². The number of fused-ring (bicyclic) bond motifs is 24. The van der Waals surface area contributed by atoms with Crippen molar-refractivity contribution in [3.8, 4) is 0 Å². The Balaban J connectivity index is 0.000000109. The maximum absolute atomic E-state index is 4.86. The fourth-order valence-corrected chi connectivity index (χ4v) is 19.2. The average Bonchev–Trinajstić information content (AvgIpc) is 1.58. The van der Waals surface area contributed by atoms with Gasteiger partial charge in [-0.25, -0.2) is 49.8 Å². The van der Waals surface area contributed by atoms with E-state index in [-0.39, 0.29) is 80.4 Å². The number of para-hydroxylation sites is 6. The standard InChI is InChI=1S/C22H18N7S.2C21H14N5S.C20H13N6S.4Ir/c1-13-27(4)20-21(24-10-9-23-20)28(13)15-6-8-19-18(12-15)29-17-7-5-14(26(2)3)11-16(17)25-22(29)30-19;1-13-24(2)18-11-6-12-22-20(18)25(13)16-9-5-10-17-19(16)27-21-23-14-7-3-4-8-15(14)26(17)21;1-13-24(2)17-8-5-11-22-20(17)25(13)14-9-10-19-18(12-14)26-16-7-4-3-6-15(16)23-21(26)27-19;1-12-24(2)18-19(22-10-9-21-18)25(12)13-7-8-17-16(11-13)26-15-6-4-3-5-14(15)23-20(26)27-17;;;;/h5,7-12H,1H2,2-4H3;2*3-8,10-12H,1H2,2H3;3-6,8-11H,1H2,2H3;;;;/q4*-1;;;;. The van der Waals surface area contributed by atoms with Crippen molar-refractivity contribution in [2.45, 2.75) is 0 Å². The van der Waals surface area contributed by atoms with Crippen LogP contribution in [0.5, 0.6) is 0 Å². The van der Waals surface area contributed by atoms with Gasteiger partial charge in [-0.1, -0.05) is 93.9 Å². The monoisotopic (exact) mass is 2290 g/mol. The summed E-state index contributed by atoms with van der Waals surface area (Å²) in [7, 11) is 12.0. The van der Waals surface area contributed by atoms with E-state index in [0.717, 1.165) is 203 Å². The third-order valence-electron chi connectivity index (χ3n) is 20.6. The molecule has 24 rings (SSSR count). The van der Waals surface area contributed by atoms with Crippen LogP contribution in [-0.2, 0) is 80.4 Å². The number of hydrogen-bond donors (Lipinski definition) is 0. The van der Waals surface area contributed by atoms with E-state index in [1.807, 2.05) is 165 Å². The molecule has 574 valence electrons. The Morgan fingerprint density at radius 2 is 0.696 bits per heavy atom. The van der Waals surface area contributed by atoms with E-state index in [1.54, 1.807) is 70.1 Å². The topological polar surface area (TPSA) is 176 Å². The van der Waals surface area contributed by atoms with E-state index in [4.69, 9.17) is 19.9 Å². The van der Waals surface area contributed by atoms with Crippen molar-refractivity contribution < 1.29 is 80.4 Å². The Morgan fingerprint density at radius 1 is 0.330 bits per heavy atom. The first kappa shape index (κ1) is 76.4. The fraction of sp³-hybridized carbons (Fsp3) is 0.0714. The van der Waals surface area contributed by atoms with Crippen LogP contribution in [0.3, 0.4) is 0 Å². The van der Waals surface area contributed by atoms with E-state index in [9.17, 15) is 0 Å². The number of anilines is 13. The summed E-state index contributed by atoms with van der Waals surface area (Å²) < 4.78 is 13.4. The molecular weight excluding hydrogens is 2230 g/mol. The molecular formula is C84H59Ir4N23S4-4. The molecule has 0 aliphatic carbocycles. The Labute approximate surface area is 727 Å². The molecule has 4 radical (unpaired) electrons. The summed E-state index contributed by atoms with van der Waals surface area (Å²) in [5.74, 6) is 8.19. The van der Waals surface area contributed by atoms with Gasteiger partial charge in [0.05, 0.1) is 55.5 Å². The largest absolute Gasteiger partial charge is 0.378 e. The average molecular weight is 2290 g/mol. The molecule has 4 aliphatic heterocycles. The molecule has 20 aromatic rings. The molecule has 16 heterocycles. The fourth-order valence-electron chi connectivity index (χ4n) is 15.0. The first-order chi connectivity index (χ1) is 54.2. The van der Waals surface area contributed by atoms with Crippen molar-refractivity contribution in [2.75, 3.05) is 86.4 Å². The van der Waals surface area contributed by atoms with E-state index in [0.29, 0.717) is 0 Å². The Kier molecular flexibility index (Phi) is 19.6. The van der Waals surface area contributed by atoms with Crippen LogP contribution in [0, 0.1) is 24.3 Å². The number of aromatic nitrogens is 14. The minimum Gasteiger partial charge on any atom is -0.378 e. The van der Waals surface area contributed by atoms with Crippen molar-refractivity contribution in [2.24, 2.45) is 0 Å². The molecule has 0 bridgehead atoms. The first-order valence-corrected chi connectivity index (χ1v) is 38.5. The molecule has 0 N–H and O–H groups in total. The molecule has 0 atom stereocenters. The number of nitrogens with zero attached hydrogens (tertiary/aromatic N) is 23. The Hall–Kier alpha value is -11.3. The van der Waals surface area contributed by atoms with Gasteiger partial charge in [0.15, 0.2) is 54.8 Å². The van der Waals surface area contributed by atoms with Crippen molar-refractivity contribution in [3.63, 3.8) is 0 Å². The van der Waals surface area contributed by atoms with Crippen LogP contribution in [0.4, 0.5) is 74.7 Å². The van der Waals surface area contributed by atoms with Gasteiger partial charge >= 0.3 is 0 Å². The second-order valence-corrected chi connectivity index (χ2v) is 31.0. The Bertz CT molecular complexity index is 7100. The predicted octanol–water partition coefficient (Wildman–Crippen LogP) is 18.7. The van der Waals surface area contributed by atoms with Gasteiger partial charge in [0.1, 0.15) is 23.3 Å². The Morgan fingerprint density at radius 3 is 1.15 bits per heavy atom. The summed E-state index contributed by atoms with van der Waals surface area (Å²) >= 11 is 6.68. The number of benzene rings is 8. The van der Waals surface area contributed by atoms with Crippen LogP contribution in [0.2, 0.25) is 0 Å². The van der Waals surface area contributed by atoms with E-state index in [2.05, 4.69) is 195 Å². The van der Waals surface area contributed by atoms with E-state index in [1.165, 1.54) is 0 Å². The molecule has 0 amide bonds. The molecule has 0 unspecified atom stereocenters. The van der Waals surface area contributed by atoms with Gasteiger partial charge in [0.2, 0.25) is 0 Å². The molecule has 31 heteroatoms. The number of imidazole rings is 4. The van der Waals surface area contributed by atoms with Gasteiger partial charge in [-0.3, -0.25) is 0 Å². The van der Waals surface area contributed by atoms with Gasteiger partial charge in [-0.2, -0.15) is 93.9 Å². The minimum absolute atomic E-state index is 0. The normalized spacial score (nSPS) is 13.5. The molecule has 0 spiro atoms. The number of thiazole rings is 4. The van der Waals surface area contributed by atoms with Crippen LogP contribution in [0.25, 0.3) is 105 Å². The van der Waals surface area contributed by atoms with Crippen LogP contribution >= 0.6 is 45.3 Å². The third kappa shape index (κ3) is 11.9.